The Kier molecular flexibility index (Phi) is 3.64. The molecule has 4 heteroatoms. The van der Waals surface area contributed by atoms with E-state index in [4.69, 9.17) is 11.6 Å². The van der Waals surface area contributed by atoms with E-state index in [0.29, 0.717) is 0 Å². The van der Waals surface area contributed by atoms with Crippen LogP contribution in [0.1, 0.15) is 22.8 Å². The van der Waals surface area contributed by atoms with Gasteiger partial charge < -0.3 is 5.11 Å². The summed E-state index contributed by atoms with van der Waals surface area (Å²) in [6.07, 6.45) is -1.42. The summed E-state index contributed by atoms with van der Waals surface area (Å²) in [6, 6.07) is 8.89. The Bertz CT molecular complexity index is 584. The smallest absolute Gasteiger partial charge is 0.135 e. The van der Waals surface area contributed by atoms with E-state index >= 15 is 0 Å². The van der Waals surface area contributed by atoms with Crippen molar-refractivity contribution in [2.24, 2.45) is 0 Å². The highest BCUT2D eigenvalue weighted by Crippen LogP contribution is 2.32. The van der Waals surface area contributed by atoms with Crippen molar-refractivity contribution in [1.82, 2.24) is 0 Å². The molecule has 0 fully saturated rings. The summed E-state index contributed by atoms with van der Waals surface area (Å²) in [5, 5.41) is 10.4. The number of benzene rings is 2. The molecule has 0 radical (unpaired) electrons. The third-order valence-electron chi connectivity index (χ3n) is 2.79. The molecule has 18 heavy (non-hydrogen) atoms. The van der Waals surface area contributed by atoms with Crippen molar-refractivity contribution in [3.63, 3.8) is 0 Å². The lowest BCUT2D eigenvalue weighted by Gasteiger charge is -2.15. The molecule has 1 N–H and O–H groups in total. The number of rotatable bonds is 2. The van der Waals surface area contributed by atoms with Gasteiger partial charge in [0.15, 0.2) is 0 Å². The van der Waals surface area contributed by atoms with Crippen LogP contribution in [0.3, 0.4) is 0 Å². The molecule has 2 aromatic rings. The third-order valence-corrected chi connectivity index (χ3v) is 3.14. The second kappa shape index (κ2) is 5.04. The first-order chi connectivity index (χ1) is 8.52. The maximum Gasteiger partial charge on any atom is 0.135 e. The molecule has 1 atom stereocenters. The fraction of sp³-hybridized carbons (Fsp3) is 0.143. The molecule has 1 nitrogen and oxygen atoms in total. The molecular weight excluding hydrogens is 258 g/mol. The second-order valence-electron chi connectivity index (χ2n) is 4.02. The first-order valence-electron chi connectivity index (χ1n) is 5.39. The second-order valence-corrected chi connectivity index (χ2v) is 4.42. The van der Waals surface area contributed by atoms with Gasteiger partial charge in [0.1, 0.15) is 17.7 Å². The zero-order valence-electron chi connectivity index (χ0n) is 9.62. The Balaban J connectivity index is 2.56. The van der Waals surface area contributed by atoms with Gasteiger partial charge in [-0.15, -0.1) is 0 Å². The summed E-state index contributed by atoms with van der Waals surface area (Å²) in [4.78, 5) is 0. The molecule has 0 saturated carbocycles. The minimum Gasteiger partial charge on any atom is -0.383 e. The number of aliphatic hydroxyl groups excluding tert-OH is 1. The zero-order valence-corrected chi connectivity index (χ0v) is 10.4. The third kappa shape index (κ3) is 2.24. The highest BCUT2D eigenvalue weighted by atomic mass is 35.5. The first kappa shape index (κ1) is 13.0. The molecule has 0 heterocycles. The van der Waals surface area contributed by atoms with Crippen LogP contribution in [-0.2, 0) is 0 Å². The predicted octanol–water partition coefficient (Wildman–Crippen LogP) is 4.01. The van der Waals surface area contributed by atoms with Crippen LogP contribution in [0, 0.1) is 18.6 Å². The van der Waals surface area contributed by atoms with E-state index in [0.717, 1.165) is 6.07 Å². The van der Waals surface area contributed by atoms with Crippen LogP contribution < -0.4 is 0 Å². The monoisotopic (exact) mass is 268 g/mol. The predicted molar refractivity (Wildman–Crippen MR) is 66.6 cm³/mol. The number of aliphatic hydroxyl groups is 1. The largest absolute Gasteiger partial charge is 0.383 e. The van der Waals surface area contributed by atoms with Crippen LogP contribution in [-0.4, -0.2) is 5.11 Å². The van der Waals surface area contributed by atoms with Gasteiger partial charge in [0.25, 0.3) is 0 Å². The lowest BCUT2D eigenvalue weighted by molar-refractivity contribution is 0.209. The molecule has 0 aromatic heterocycles. The maximum absolute atomic E-state index is 13.9. The van der Waals surface area contributed by atoms with Gasteiger partial charge >= 0.3 is 0 Å². The van der Waals surface area contributed by atoms with Crippen molar-refractivity contribution in [3.05, 3.63) is 69.7 Å². The van der Waals surface area contributed by atoms with Crippen LogP contribution in [0.4, 0.5) is 8.78 Å². The summed E-state index contributed by atoms with van der Waals surface area (Å²) < 4.78 is 27.5. The Hall–Kier alpha value is -1.45. The summed E-state index contributed by atoms with van der Waals surface area (Å²) in [7, 11) is 0. The molecule has 1 unspecified atom stereocenters. The summed E-state index contributed by atoms with van der Waals surface area (Å²) >= 11 is 5.91. The van der Waals surface area contributed by atoms with E-state index in [1.807, 2.05) is 0 Å². The standard InChI is InChI=1S/C14H11ClF2O/c1-8-6-7-11(16)12(13(8)17)14(18)9-4-2-3-5-10(9)15/h2-7,14,18H,1H3. The van der Waals surface area contributed by atoms with Crippen LogP contribution in [0.5, 0.6) is 0 Å². The first-order valence-corrected chi connectivity index (χ1v) is 5.77. The molecule has 0 aliphatic heterocycles. The van der Waals surface area contributed by atoms with Gasteiger partial charge in [-0.2, -0.15) is 0 Å². The summed E-state index contributed by atoms with van der Waals surface area (Å²) in [5.74, 6) is -1.53. The van der Waals surface area contributed by atoms with Crippen molar-refractivity contribution in [1.29, 1.82) is 0 Å². The maximum atomic E-state index is 13.9. The quantitative estimate of drug-likeness (QED) is 0.873. The van der Waals surface area contributed by atoms with Gasteiger partial charge in [0, 0.05) is 10.6 Å². The molecule has 0 bridgehead atoms. The van der Waals surface area contributed by atoms with Crippen molar-refractivity contribution in [2.45, 2.75) is 13.0 Å². The fourth-order valence-electron chi connectivity index (χ4n) is 1.78. The van der Waals surface area contributed by atoms with Gasteiger partial charge in [0.05, 0.1) is 5.56 Å². The Labute approximate surface area is 109 Å². The van der Waals surface area contributed by atoms with Gasteiger partial charge in [-0.3, -0.25) is 0 Å². The van der Waals surface area contributed by atoms with Gasteiger partial charge in [-0.25, -0.2) is 8.78 Å². The van der Waals surface area contributed by atoms with Crippen LogP contribution >= 0.6 is 11.6 Å². The van der Waals surface area contributed by atoms with E-state index in [1.165, 1.54) is 19.1 Å². The van der Waals surface area contributed by atoms with E-state index in [2.05, 4.69) is 0 Å². The SMILES string of the molecule is Cc1ccc(F)c(C(O)c2ccccc2Cl)c1F. The molecule has 0 spiro atoms. The number of halogens is 3. The average molecular weight is 269 g/mol. The molecule has 2 rings (SSSR count). The molecule has 0 aliphatic rings. The van der Waals surface area contributed by atoms with Crippen molar-refractivity contribution in [3.8, 4) is 0 Å². The molecule has 94 valence electrons. The van der Waals surface area contributed by atoms with Crippen molar-refractivity contribution in [2.75, 3.05) is 0 Å². The lowest BCUT2D eigenvalue weighted by Crippen LogP contribution is -2.07. The minimum atomic E-state index is -1.42. The van der Waals surface area contributed by atoms with Crippen LogP contribution in [0.2, 0.25) is 5.02 Å². The summed E-state index contributed by atoms with van der Waals surface area (Å²) in [5.41, 5.74) is 0.183. The molecule has 0 amide bonds. The highest BCUT2D eigenvalue weighted by molar-refractivity contribution is 6.31. The van der Waals surface area contributed by atoms with Gasteiger partial charge in [-0.1, -0.05) is 35.9 Å². The van der Waals surface area contributed by atoms with Gasteiger partial charge in [-0.05, 0) is 24.6 Å². The fourth-order valence-corrected chi connectivity index (χ4v) is 2.02. The normalized spacial score (nSPS) is 12.5. The Morgan fingerprint density at radius 3 is 2.44 bits per heavy atom. The number of aryl methyl sites for hydroxylation is 1. The number of hydrogen-bond donors (Lipinski definition) is 1. The molecule has 0 saturated heterocycles. The number of hydrogen-bond acceptors (Lipinski definition) is 1. The van der Waals surface area contributed by atoms with Crippen molar-refractivity contribution < 1.29 is 13.9 Å². The van der Waals surface area contributed by atoms with Gasteiger partial charge in [0.2, 0.25) is 0 Å². The van der Waals surface area contributed by atoms with E-state index in [9.17, 15) is 13.9 Å². The molecule has 2 aromatic carbocycles. The Morgan fingerprint density at radius 2 is 1.78 bits per heavy atom. The minimum absolute atomic E-state index is 0.269. The van der Waals surface area contributed by atoms with E-state index < -0.39 is 17.7 Å². The van der Waals surface area contributed by atoms with Crippen LogP contribution in [0.15, 0.2) is 36.4 Å². The molecule has 0 aliphatic carbocycles. The Morgan fingerprint density at radius 1 is 1.11 bits per heavy atom. The highest BCUT2D eigenvalue weighted by Gasteiger charge is 2.22. The van der Waals surface area contributed by atoms with E-state index in [1.54, 1.807) is 18.2 Å². The van der Waals surface area contributed by atoms with E-state index in [-0.39, 0.29) is 21.7 Å². The van der Waals surface area contributed by atoms with Crippen LogP contribution in [0.25, 0.3) is 0 Å². The molecular formula is C14H11ClF2O. The average Bonchev–Trinajstić information content (AvgIpc) is 2.35. The van der Waals surface area contributed by atoms with Crippen molar-refractivity contribution >= 4 is 11.6 Å². The summed E-state index contributed by atoms with van der Waals surface area (Å²) in [6.45, 7) is 1.51. The topological polar surface area (TPSA) is 20.2 Å². The zero-order chi connectivity index (χ0) is 13.3. The lowest BCUT2D eigenvalue weighted by atomic mass is 9.98.